The molecule has 6 nitrogen and oxygen atoms in total. The lowest BCUT2D eigenvalue weighted by Gasteiger charge is -2.20. The topological polar surface area (TPSA) is 77.2 Å². The van der Waals surface area contributed by atoms with Crippen molar-refractivity contribution in [1.82, 2.24) is 16.4 Å². The van der Waals surface area contributed by atoms with Gasteiger partial charge in [0, 0.05) is 5.69 Å². The number of hydrogen-bond donors (Lipinski definition) is 5. The molecule has 1 aliphatic rings. The van der Waals surface area contributed by atoms with Crippen LogP contribution in [-0.4, -0.2) is 18.1 Å². The Labute approximate surface area is 139 Å². The molecule has 23 heavy (non-hydrogen) atoms. The lowest BCUT2D eigenvalue weighted by atomic mass is 10.2. The number of hydrogen-bond acceptors (Lipinski definition) is 5. The maximum Gasteiger partial charge on any atom is 0.246 e. The van der Waals surface area contributed by atoms with Gasteiger partial charge in [0.1, 0.15) is 12.2 Å². The normalized spacial score (nSPS) is 20.3. The van der Waals surface area contributed by atoms with Gasteiger partial charge < -0.3 is 10.6 Å². The predicted molar refractivity (Wildman–Crippen MR) is 91.9 cm³/mol. The second-order valence-electron chi connectivity index (χ2n) is 5.35. The Kier molecular flexibility index (Phi) is 4.78. The zero-order chi connectivity index (χ0) is 16.2. The van der Waals surface area contributed by atoms with Gasteiger partial charge in [-0.15, -0.1) is 0 Å². The number of carbonyl (C=O) groups excluding carboxylic acids is 1. The molecule has 2 unspecified atom stereocenters. The minimum absolute atomic E-state index is 0.193. The fourth-order valence-electron chi connectivity index (χ4n) is 2.35. The summed E-state index contributed by atoms with van der Waals surface area (Å²) in [6, 6.07) is 14.7. The summed E-state index contributed by atoms with van der Waals surface area (Å²) < 4.78 is 0. The first kappa shape index (κ1) is 15.8. The van der Waals surface area contributed by atoms with Crippen molar-refractivity contribution in [2.75, 3.05) is 10.6 Å². The molecule has 2 atom stereocenters. The van der Waals surface area contributed by atoms with Crippen LogP contribution in [0.3, 0.4) is 0 Å². The number of halogens is 1. The van der Waals surface area contributed by atoms with Crippen molar-refractivity contribution in [3.05, 3.63) is 59.1 Å². The van der Waals surface area contributed by atoms with Gasteiger partial charge >= 0.3 is 0 Å². The number of rotatable bonds is 4. The molecule has 3 rings (SSSR count). The van der Waals surface area contributed by atoms with E-state index >= 15 is 0 Å². The van der Waals surface area contributed by atoms with Gasteiger partial charge in [0.15, 0.2) is 0 Å². The van der Waals surface area contributed by atoms with Crippen LogP contribution < -0.4 is 27.0 Å². The molecule has 1 fully saturated rings. The summed E-state index contributed by atoms with van der Waals surface area (Å²) in [5.41, 5.74) is 11.2. The maximum atomic E-state index is 12.5. The molecule has 0 spiro atoms. The van der Waals surface area contributed by atoms with Gasteiger partial charge in [-0.25, -0.2) is 10.9 Å². The van der Waals surface area contributed by atoms with Crippen LogP contribution in [0.15, 0.2) is 48.5 Å². The number of benzene rings is 2. The highest BCUT2D eigenvalue weighted by molar-refractivity contribution is 6.33. The standard InChI is InChI=1S/C16H18ClN5O/c1-10-7-8-13(12(17)9-10)19-16(23)14-15(21-22-20-14)18-11-5-3-2-4-6-11/h2-9,14-15,18,20-22H,1H3,(H,19,23). The molecular weight excluding hydrogens is 314 g/mol. The lowest BCUT2D eigenvalue weighted by Crippen LogP contribution is -2.47. The third-order valence-electron chi connectivity index (χ3n) is 3.55. The van der Waals surface area contributed by atoms with Crippen LogP contribution in [0.25, 0.3) is 0 Å². The Morgan fingerprint density at radius 2 is 1.91 bits per heavy atom. The van der Waals surface area contributed by atoms with Gasteiger partial charge in [0.05, 0.1) is 10.7 Å². The summed E-state index contributed by atoms with van der Waals surface area (Å²) in [4.78, 5) is 12.5. The molecule has 120 valence electrons. The summed E-state index contributed by atoms with van der Waals surface area (Å²) in [6.07, 6.45) is -0.304. The van der Waals surface area contributed by atoms with Gasteiger partial charge in [0.25, 0.3) is 0 Å². The highest BCUT2D eigenvalue weighted by Gasteiger charge is 2.33. The minimum atomic E-state index is -0.507. The quantitative estimate of drug-likeness (QED) is 0.592. The largest absolute Gasteiger partial charge is 0.367 e. The van der Waals surface area contributed by atoms with Crippen LogP contribution in [0.2, 0.25) is 5.02 Å². The smallest absolute Gasteiger partial charge is 0.246 e. The van der Waals surface area contributed by atoms with Crippen LogP contribution in [0.5, 0.6) is 0 Å². The summed E-state index contributed by atoms with van der Waals surface area (Å²) in [5, 5.41) is 6.61. The molecule has 1 heterocycles. The van der Waals surface area contributed by atoms with Crippen LogP contribution in [0.4, 0.5) is 11.4 Å². The van der Waals surface area contributed by atoms with Crippen LogP contribution in [0.1, 0.15) is 5.56 Å². The number of nitrogens with one attached hydrogen (secondary N) is 5. The Morgan fingerprint density at radius 3 is 2.65 bits per heavy atom. The van der Waals surface area contributed by atoms with Crippen molar-refractivity contribution in [3.8, 4) is 0 Å². The molecule has 0 aromatic heterocycles. The van der Waals surface area contributed by atoms with Crippen LogP contribution in [-0.2, 0) is 4.79 Å². The second-order valence-corrected chi connectivity index (χ2v) is 5.76. The molecule has 0 saturated carbocycles. The Balaban J connectivity index is 1.68. The fourth-order valence-corrected chi connectivity index (χ4v) is 2.63. The summed E-state index contributed by atoms with van der Waals surface area (Å²) in [7, 11) is 0. The maximum absolute atomic E-state index is 12.5. The second kappa shape index (κ2) is 6.97. The molecule has 1 amide bonds. The zero-order valence-electron chi connectivity index (χ0n) is 12.6. The van der Waals surface area contributed by atoms with Gasteiger partial charge in [0.2, 0.25) is 5.91 Å². The average molecular weight is 332 g/mol. The van der Waals surface area contributed by atoms with Crippen molar-refractivity contribution in [3.63, 3.8) is 0 Å². The van der Waals surface area contributed by atoms with Gasteiger partial charge in [-0.05, 0) is 36.8 Å². The number of para-hydroxylation sites is 1. The molecule has 0 bridgehead atoms. The number of carbonyl (C=O) groups is 1. The highest BCUT2D eigenvalue weighted by Crippen LogP contribution is 2.23. The van der Waals surface area contributed by atoms with E-state index in [4.69, 9.17) is 11.6 Å². The van der Waals surface area contributed by atoms with Gasteiger partial charge in [-0.2, -0.15) is 5.53 Å². The Morgan fingerprint density at radius 1 is 1.13 bits per heavy atom. The highest BCUT2D eigenvalue weighted by atomic mass is 35.5. The molecule has 2 aromatic rings. The first-order valence-corrected chi connectivity index (χ1v) is 7.66. The number of anilines is 2. The van der Waals surface area contributed by atoms with Crippen molar-refractivity contribution in [2.45, 2.75) is 19.1 Å². The first-order chi connectivity index (χ1) is 11.1. The SMILES string of the molecule is Cc1ccc(NC(=O)C2NNNC2Nc2ccccc2)c(Cl)c1. The molecule has 0 aliphatic carbocycles. The van der Waals surface area contributed by atoms with E-state index in [9.17, 15) is 4.79 Å². The van der Waals surface area contributed by atoms with E-state index in [0.717, 1.165) is 11.3 Å². The van der Waals surface area contributed by atoms with Crippen molar-refractivity contribution < 1.29 is 4.79 Å². The van der Waals surface area contributed by atoms with Crippen molar-refractivity contribution in [2.24, 2.45) is 0 Å². The van der Waals surface area contributed by atoms with E-state index in [2.05, 4.69) is 27.0 Å². The van der Waals surface area contributed by atoms with E-state index in [0.29, 0.717) is 10.7 Å². The lowest BCUT2D eigenvalue weighted by molar-refractivity contribution is -0.118. The number of hydrazine groups is 2. The van der Waals surface area contributed by atoms with Crippen LogP contribution >= 0.6 is 11.6 Å². The van der Waals surface area contributed by atoms with E-state index in [1.54, 1.807) is 6.07 Å². The molecule has 5 N–H and O–H groups in total. The predicted octanol–water partition coefficient (Wildman–Crippen LogP) is 2.01. The summed E-state index contributed by atoms with van der Waals surface area (Å²) in [6.45, 7) is 1.95. The molecule has 7 heteroatoms. The van der Waals surface area contributed by atoms with Gasteiger partial charge in [-0.3, -0.25) is 4.79 Å². The first-order valence-electron chi connectivity index (χ1n) is 7.28. The molecular formula is C16H18ClN5O. The Bertz CT molecular complexity index is 694. The van der Waals surface area contributed by atoms with E-state index in [-0.39, 0.29) is 12.1 Å². The van der Waals surface area contributed by atoms with Crippen molar-refractivity contribution in [1.29, 1.82) is 0 Å². The van der Waals surface area contributed by atoms with E-state index in [1.165, 1.54) is 0 Å². The number of aryl methyl sites for hydroxylation is 1. The van der Waals surface area contributed by atoms with E-state index in [1.807, 2.05) is 49.4 Å². The van der Waals surface area contributed by atoms with Gasteiger partial charge in [-0.1, -0.05) is 35.9 Å². The molecule has 0 radical (unpaired) electrons. The Hall–Kier alpha value is -2.12. The minimum Gasteiger partial charge on any atom is -0.367 e. The monoisotopic (exact) mass is 331 g/mol. The molecule has 1 saturated heterocycles. The van der Waals surface area contributed by atoms with Crippen molar-refractivity contribution >= 4 is 28.9 Å². The van der Waals surface area contributed by atoms with Crippen LogP contribution in [0, 0.1) is 6.92 Å². The third kappa shape index (κ3) is 3.80. The average Bonchev–Trinajstić information content (AvgIpc) is 2.99. The fraction of sp³-hybridized carbons (Fsp3) is 0.188. The third-order valence-corrected chi connectivity index (χ3v) is 3.86. The zero-order valence-corrected chi connectivity index (χ0v) is 13.3. The molecule has 2 aromatic carbocycles. The molecule has 1 aliphatic heterocycles. The summed E-state index contributed by atoms with van der Waals surface area (Å²) >= 11 is 6.16. The number of amides is 1. The van der Waals surface area contributed by atoms with E-state index < -0.39 is 6.04 Å². The summed E-state index contributed by atoms with van der Waals surface area (Å²) in [5.74, 6) is -0.193.